The normalized spacial score (nSPS) is 17.5. The summed E-state index contributed by atoms with van der Waals surface area (Å²) in [6.45, 7) is 3.10. The van der Waals surface area contributed by atoms with Crippen molar-refractivity contribution >= 4 is 10.9 Å². The third-order valence-electron chi connectivity index (χ3n) is 4.61. The maximum Gasteiger partial charge on any atom is 0.121 e. The molecule has 4 rings (SSSR count). The topological polar surface area (TPSA) is 37.0 Å². The number of H-pyrrole nitrogens is 1. The van der Waals surface area contributed by atoms with Gasteiger partial charge >= 0.3 is 0 Å². The van der Waals surface area contributed by atoms with Crippen molar-refractivity contribution in [3.63, 3.8) is 0 Å². The highest BCUT2D eigenvalue weighted by atomic mass is 16.5. The Bertz CT molecular complexity index is 835. The van der Waals surface area contributed by atoms with Crippen molar-refractivity contribution in [3.05, 3.63) is 64.8 Å². The highest BCUT2D eigenvalue weighted by Crippen LogP contribution is 2.34. The number of aromatic nitrogens is 1. The number of nitrogens with one attached hydrogen (secondary N) is 2. The zero-order valence-electron chi connectivity index (χ0n) is 12.9. The molecule has 3 nitrogen and oxygen atoms in total. The Morgan fingerprint density at radius 2 is 2.00 bits per heavy atom. The van der Waals surface area contributed by atoms with Gasteiger partial charge in [0, 0.05) is 23.1 Å². The number of ether oxygens (including phenoxy) is 1. The van der Waals surface area contributed by atoms with Crippen LogP contribution in [0.15, 0.2) is 42.5 Å². The van der Waals surface area contributed by atoms with E-state index in [2.05, 4.69) is 59.7 Å². The first-order chi connectivity index (χ1) is 10.8. The molecule has 112 valence electrons. The van der Waals surface area contributed by atoms with Gasteiger partial charge in [0.2, 0.25) is 0 Å². The van der Waals surface area contributed by atoms with Crippen LogP contribution in [-0.2, 0) is 6.42 Å². The molecule has 1 aromatic heterocycles. The molecule has 2 N–H and O–H groups in total. The van der Waals surface area contributed by atoms with E-state index in [-0.39, 0.29) is 6.04 Å². The van der Waals surface area contributed by atoms with Gasteiger partial charge in [0.05, 0.1) is 13.2 Å². The molecule has 0 bridgehead atoms. The van der Waals surface area contributed by atoms with Crippen molar-refractivity contribution in [2.24, 2.45) is 0 Å². The van der Waals surface area contributed by atoms with Gasteiger partial charge in [-0.3, -0.25) is 0 Å². The second-order valence-electron chi connectivity index (χ2n) is 5.93. The second-order valence-corrected chi connectivity index (χ2v) is 5.93. The zero-order chi connectivity index (χ0) is 15.1. The number of benzene rings is 2. The molecule has 3 aromatic rings. The van der Waals surface area contributed by atoms with E-state index in [1.165, 1.54) is 33.3 Å². The lowest BCUT2D eigenvalue weighted by molar-refractivity contribution is 0.411. The Morgan fingerprint density at radius 1 is 1.14 bits per heavy atom. The van der Waals surface area contributed by atoms with Crippen molar-refractivity contribution in [2.45, 2.75) is 19.4 Å². The standard InChI is InChI=1S/C19H20N2O/c1-12-11-13(7-8-17(12)22-2)18-19-15(9-10-20-18)14-5-3-4-6-16(14)21-19/h3-8,11,18,20-21H,9-10H2,1-2H3. The Balaban J connectivity index is 1.84. The van der Waals surface area contributed by atoms with Crippen molar-refractivity contribution in [1.82, 2.24) is 10.3 Å². The lowest BCUT2D eigenvalue weighted by atomic mass is 9.93. The summed E-state index contributed by atoms with van der Waals surface area (Å²) in [5, 5.41) is 5.00. The molecule has 1 unspecified atom stereocenters. The Hall–Kier alpha value is -2.26. The molecule has 0 saturated carbocycles. The molecule has 0 amide bonds. The van der Waals surface area contributed by atoms with Crippen LogP contribution in [-0.4, -0.2) is 18.6 Å². The molecule has 2 heterocycles. The third kappa shape index (κ3) is 2.01. The number of fused-ring (bicyclic) bond motifs is 3. The monoisotopic (exact) mass is 292 g/mol. The molecular weight excluding hydrogens is 272 g/mol. The second kappa shape index (κ2) is 5.18. The fraction of sp³-hybridized carbons (Fsp3) is 0.263. The molecule has 0 radical (unpaired) electrons. The minimum atomic E-state index is 0.223. The van der Waals surface area contributed by atoms with Crippen molar-refractivity contribution in [1.29, 1.82) is 0 Å². The number of rotatable bonds is 2. The highest BCUT2D eigenvalue weighted by molar-refractivity contribution is 5.85. The number of aromatic amines is 1. The lowest BCUT2D eigenvalue weighted by Gasteiger charge is -2.25. The number of hydrogen-bond acceptors (Lipinski definition) is 2. The molecule has 22 heavy (non-hydrogen) atoms. The fourth-order valence-corrected chi connectivity index (χ4v) is 3.55. The van der Waals surface area contributed by atoms with Crippen molar-refractivity contribution in [3.8, 4) is 5.75 Å². The first-order valence-corrected chi connectivity index (χ1v) is 7.75. The third-order valence-corrected chi connectivity index (χ3v) is 4.61. The van der Waals surface area contributed by atoms with Crippen LogP contribution in [0.5, 0.6) is 5.75 Å². The Morgan fingerprint density at radius 3 is 2.82 bits per heavy atom. The van der Waals surface area contributed by atoms with Gasteiger partial charge in [-0.2, -0.15) is 0 Å². The van der Waals surface area contributed by atoms with Crippen molar-refractivity contribution in [2.75, 3.05) is 13.7 Å². The molecule has 0 aliphatic carbocycles. The summed E-state index contributed by atoms with van der Waals surface area (Å²) >= 11 is 0. The molecule has 0 saturated heterocycles. The van der Waals surface area contributed by atoms with Crippen LogP contribution in [0.4, 0.5) is 0 Å². The van der Waals surface area contributed by atoms with E-state index < -0.39 is 0 Å². The maximum absolute atomic E-state index is 5.38. The molecule has 1 aliphatic rings. The average molecular weight is 292 g/mol. The smallest absolute Gasteiger partial charge is 0.121 e. The predicted octanol–water partition coefficient (Wildman–Crippen LogP) is 3.72. The van der Waals surface area contributed by atoms with E-state index in [0.717, 1.165) is 18.7 Å². The van der Waals surface area contributed by atoms with E-state index in [9.17, 15) is 0 Å². The van der Waals surface area contributed by atoms with Crippen LogP contribution < -0.4 is 10.1 Å². The molecule has 0 spiro atoms. The van der Waals surface area contributed by atoms with Gasteiger partial charge in [-0.1, -0.05) is 30.3 Å². The molecule has 3 heteroatoms. The fourth-order valence-electron chi connectivity index (χ4n) is 3.55. The van der Waals surface area contributed by atoms with Crippen LogP contribution in [0, 0.1) is 6.92 Å². The molecule has 1 atom stereocenters. The molecule has 2 aromatic carbocycles. The lowest BCUT2D eigenvalue weighted by Crippen LogP contribution is -2.30. The van der Waals surface area contributed by atoms with E-state index in [1.54, 1.807) is 7.11 Å². The minimum absolute atomic E-state index is 0.223. The van der Waals surface area contributed by atoms with Gasteiger partial charge in [-0.25, -0.2) is 0 Å². The summed E-state index contributed by atoms with van der Waals surface area (Å²) in [6, 6.07) is 15.2. The van der Waals surface area contributed by atoms with Gasteiger partial charge in [0.25, 0.3) is 0 Å². The number of hydrogen-bond donors (Lipinski definition) is 2. The number of aryl methyl sites for hydroxylation is 1. The molecular formula is C19H20N2O. The van der Waals surface area contributed by atoms with Gasteiger partial charge in [0.15, 0.2) is 0 Å². The zero-order valence-corrected chi connectivity index (χ0v) is 12.9. The van der Waals surface area contributed by atoms with Gasteiger partial charge in [0.1, 0.15) is 5.75 Å². The molecule has 0 fully saturated rings. The summed E-state index contributed by atoms with van der Waals surface area (Å²) < 4.78 is 5.38. The maximum atomic E-state index is 5.38. The van der Waals surface area contributed by atoms with Crippen LogP contribution in [0.1, 0.15) is 28.4 Å². The Kier molecular flexibility index (Phi) is 3.16. The average Bonchev–Trinajstić information content (AvgIpc) is 2.93. The van der Waals surface area contributed by atoms with Crippen LogP contribution in [0.3, 0.4) is 0 Å². The SMILES string of the molecule is COc1ccc(C2NCCc3c2[nH]c2ccccc32)cc1C. The summed E-state index contributed by atoms with van der Waals surface area (Å²) in [4.78, 5) is 3.62. The van der Waals surface area contributed by atoms with E-state index in [4.69, 9.17) is 4.74 Å². The highest BCUT2D eigenvalue weighted by Gasteiger charge is 2.25. The summed E-state index contributed by atoms with van der Waals surface area (Å²) in [5.74, 6) is 0.941. The van der Waals surface area contributed by atoms with Gasteiger partial charge in [-0.05, 0) is 42.2 Å². The van der Waals surface area contributed by atoms with Crippen molar-refractivity contribution < 1.29 is 4.74 Å². The summed E-state index contributed by atoms with van der Waals surface area (Å²) in [5.41, 5.74) is 6.44. The molecule has 1 aliphatic heterocycles. The van der Waals surface area contributed by atoms with E-state index in [1.807, 2.05) is 0 Å². The first kappa shape index (κ1) is 13.4. The predicted molar refractivity (Wildman–Crippen MR) is 89.6 cm³/mol. The van der Waals surface area contributed by atoms with E-state index >= 15 is 0 Å². The first-order valence-electron chi connectivity index (χ1n) is 7.75. The largest absolute Gasteiger partial charge is 0.496 e. The quantitative estimate of drug-likeness (QED) is 0.755. The number of para-hydroxylation sites is 1. The number of methoxy groups -OCH3 is 1. The van der Waals surface area contributed by atoms with Gasteiger partial charge in [-0.15, -0.1) is 0 Å². The van der Waals surface area contributed by atoms with Crippen LogP contribution >= 0.6 is 0 Å². The minimum Gasteiger partial charge on any atom is -0.496 e. The van der Waals surface area contributed by atoms with E-state index in [0.29, 0.717) is 0 Å². The Labute approximate surface area is 130 Å². The van der Waals surface area contributed by atoms with Crippen LogP contribution in [0.2, 0.25) is 0 Å². The summed E-state index contributed by atoms with van der Waals surface area (Å²) in [6.07, 6.45) is 1.07. The van der Waals surface area contributed by atoms with Gasteiger partial charge < -0.3 is 15.0 Å². The summed E-state index contributed by atoms with van der Waals surface area (Å²) in [7, 11) is 1.72. The van der Waals surface area contributed by atoms with Crippen LogP contribution in [0.25, 0.3) is 10.9 Å².